The van der Waals surface area contributed by atoms with Crippen LogP contribution in [-0.4, -0.2) is 26.4 Å². The molecule has 5 nitrogen and oxygen atoms in total. The fourth-order valence-corrected chi connectivity index (χ4v) is 2.30. The second-order valence-electron chi connectivity index (χ2n) is 4.79. The lowest BCUT2D eigenvalue weighted by Crippen LogP contribution is -2.03. The van der Waals surface area contributed by atoms with Gasteiger partial charge in [0.25, 0.3) is 0 Å². The molecule has 1 aromatic heterocycles. The van der Waals surface area contributed by atoms with Crippen LogP contribution in [0, 0.1) is 6.92 Å². The minimum Gasteiger partial charge on any atom is -0.481 e. The Balaban J connectivity index is 2.30. The summed E-state index contributed by atoms with van der Waals surface area (Å²) in [6, 6.07) is 5.50. The highest BCUT2D eigenvalue weighted by Crippen LogP contribution is 2.19. The van der Waals surface area contributed by atoms with Crippen molar-refractivity contribution in [1.82, 2.24) is 9.55 Å². The number of hydrogen-bond donors (Lipinski definition) is 1. The lowest BCUT2D eigenvalue weighted by Gasteiger charge is -2.05. The molecule has 0 atom stereocenters. The predicted molar refractivity (Wildman–Crippen MR) is 76.0 cm³/mol. The zero-order valence-electron chi connectivity index (χ0n) is 11.7. The number of nitrogens with zero attached hydrogens (tertiary/aromatic N) is 2. The van der Waals surface area contributed by atoms with Gasteiger partial charge in [0.1, 0.15) is 5.82 Å². The van der Waals surface area contributed by atoms with Crippen molar-refractivity contribution in [3.05, 3.63) is 29.6 Å². The first-order valence-corrected chi connectivity index (χ1v) is 6.74. The first-order valence-electron chi connectivity index (χ1n) is 6.74. The maximum absolute atomic E-state index is 11.7. The van der Waals surface area contributed by atoms with Crippen LogP contribution in [0.5, 0.6) is 0 Å². The van der Waals surface area contributed by atoms with E-state index >= 15 is 0 Å². The number of carboxylic acids is 1. The van der Waals surface area contributed by atoms with Crippen LogP contribution in [0.2, 0.25) is 0 Å². The van der Waals surface area contributed by atoms with Gasteiger partial charge in [0, 0.05) is 24.9 Å². The molecule has 2 rings (SSSR count). The first-order chi connectivity index (χ1) is 9.52. The molecule has 0 aliphatic rings. The second kappa shape index (κ2) is 5.86. The van der Waals surface area contributed by atoms with E-state index in [4.69, 9.17) is 5.11 Å². The van der Waals surface area contributed by atoms with E-state index in [2.05, 4.69) is 4.98 Å². The maximum atomic E-state index is 11.7. The number of ketones is 1. The third-order valence-electron chi connectivity index (χ3n) is 3.35. The Kier molecular flexibility index (Phi) is 4.17. The van der Waals surface area contributed by atoms with Gasteiger partial charge in [-0.15, -0.1) is 0 Å². The summed E-state index contributed by atoms with van der Waals surface area (Å²) < 4.78 is 2.00. The summed E-state index contributed by atoms with van der Waals surface area (Å²) in [4.78, 5) is 26.7. The molecule has 0 radical (unpaired) electrons. The molecule has 1 aromatic carbocycles. The minimum absolute atomic E-state index is 0.102. The maximum Gasteiger partial charge on any atom is 0.303 e. The summed E-state index contributed by atoms with van der Waals surface area (Å²) in [5, 5.41) is 8.69. The van der Waals surface area contributed by atoms with Crippen LogP contribution < -0.4 is 0 Å². The molecule has 20 heavy (non-hydrogen) atoms. The van der Waals surface area contributed by atoms with Crippen LogP contribution in [-0.2, 0) is 11.3 Å². The lowest BCUT2D eigenvalue weighted by atomic mass is 10.1. The summed E-state index contributed by atoms with van der Waals surface area (Å²) in [6.45, 7) is 4.35. The van der Waals surface area contributed by atoms with Crippen LogP contribution in [0.25, 0.3) is 11.0 Å². The highest BCUT2D eigenvalue weighted by atomic mass is 16.4. The van der Waals surface area contributed by atoms with Gasteiger partial charge in [0.2, 0.25) is 0 Å². The number of benzene rings is 1. The molecule has 0 bridgehead atoms. The van der Waals surface area contributed by atoms with Crippen LogP contribution in [0.15, 0.2) is 18.2 Å². The van der Waals surface area contributed by atoms with Gasteiger partial charge in [-0.2, -0.15) is 0 Å². The van der Waals surface area contributed by atoms with E-state index in [1.807, 2.05) is 36.6 Å². The van der Waals surface area contributed by atoms with Crippen molar-refractivity contribution in [3.63, 3.8) is 0 Å². The third-order valence-corrected chi connectivity index (χ3v) is 3.35. The van der Waals surface area contributed by atoms with Gasteiger partial charge in [-0.25, -0.2) is 4.98 Å². The zero-order valence-corrected chi connectivity index (χ0v) is 11.7. The summed E-state index contributed by atoms with van der Waals surface area (Å²) in [7, 11) is 0. The molecule has 5 heteroatoms. The fraction of sp³-hybridized carbons (Fsp3) is 0.400. The Hall–Kier alpha value is -2.17. The van der Waals surface area contributed by atoms with Gasteiger partial charge in [-0.1, -0.05) is 6.92 Å². The van der Waals surface area contributed by atoms with E-state index in [-0.39, 0.29) is 12.2 Å². The average Bonchev–Trinajstić information content (AvgIpc) is 2.73. The number of carbonyl (C=O) groups is 2. The molecule has 0 fully saturated rings. The van der Waals surface area contributed by atoms with Gasteiger partial charge in [0.15, 0.2) is 5.78 Å². The van der Waals surface area contributed by atoms with Crippen molar-refractivity contribution >= 4 is 22.8 Å². The summed E-state index contributed by atoms with van der Waals surface area (Å²) in [5.41, 5.74) is 2.41. The van der Waals surface area contributed by atoms with Gasteiger partial charge in [0.05, 0.1) is 11.0 Å². The molecule has 0 amide bonds. The van der Waals surface area contributed by atoms with Gasteiger partial charge < -0.3 is 9.67 Å². The summed E-state index contributed by atoms with van der Waals surface area (Å²) in [6.07, 6.45) is 1.19. The van der Waals surface area contributed by atoms with Gasteiger partial charge in [-0.3, -0.25) is 9.59 Å². The second-order valence-corrected chi connectivity index (χ2v) is 4.79. The predicted octanol–water partition coefficient (Wildman–Crippen LogP) is 2.80. The lowest BCUT2D eigenvalue weighted by molar-refractivity contribution is -0.137. The molecule has 1 N–H and O–H groups in total. The molecule has 0 spiro atoms. The van der Waals surface area contributed by atoms with E-state index in [1.54, 1.807) is 0 Å². The van der Waals surface area contributed by atoms with Crippen molar-refractivity contribution < 1.29 is 14.7 Å². The number of rotatable bonds is 6. The molecule has 0 saturated heterocycles. The fourth-order valence-electron chi connectivity index (χ4n) is 2.30. The molecule has 2 aromatic rings. The topological polar surface area (TPSA) is 72.2 Å². The number of fused-ring (bicyclic) bond motifs is 1. The van der Waals surface area contributed by atoms with Crippen molar-refractivity contribution in [2.45, 2.75) is 39.7 Å². The largest absolute Gasteiger partial charge is 0.481 e. The minimum atomic E-state index is -0.789. The van der Waals surface area contributed by atoms with E-state index in [1.165, 1.54) is 0 Å². The third kappa shape index (κ3) is 2.87. The van der Waals surface area contributed by atoms with Gasteiger partial charge >= 0.3 is 5.97 Å². The molecule has 106 valence electrons. The van der Waals surface area contributed by atoms with Crippen molar-refractivity contribution in [2.75, 3.05) is 0 Å². The molecule has 0 aliphatic heterocycles. The Bertz CT molecular complexity index is 658. The van der Waals surface area contributed by atoms with E-state index in [0.717, 1.165) is 16.9 Å². The number of carbonyl (C=O) groups excluding carboxylic acids is 1. The number of aromatic nitrogens is 2. The van der Waals surface area contributed by atoms with Crippen LogP contribution >= 0.6 is 0 Å². The van der Waals surface area contributed by atoms with Crippen LogP contribution in [0.4, 0.5) is 0 Å². The van der Waals surface area contributed by atoms with Crippen molar-refractivity contribution in [1.29, 1.82) is 0 Å². The Morgan fingerprint density at radius 2 is 2.10 bits per heavy atom. The Morgan fingerprint density at radius 3 is 2.75 bits per heavy atom. The quantitative estimate of drug-likeness (QED) is 0.822. The summed E-state index contributed by atoms with van der Waals surface area (Å²) in [5.74, 6) is 0.152. The Labute approximate surface area is 117 Å². The number of carboxylic acid groups (broad SMARTS) is 1. The number of Topliss-reactive ketones (excluding diaryl/α,β-unsaturated/α-hetero) is 1. The van der Waals surface area contributed by atoms with E-state index in [0.29, 0.717) is 24.9 Å². The smallest absolute Gasteiger partial charge is 0.303 e. The first kappa shape index (κ1) is 14.2. The number of hydrogen-bond acceptors (Lipinski definition) is 3. The molecular weight excluding hydrogens is 256 g/mol. The Morgan fingerprint density at radius 1 is 1.35 bits per heavy atom. The highest BCUT2D eigenvalue weighted by molar-refractivity contribution is 5.98. The van der Waals surface area contributed by atoms with E-state index in [9.17, 15) is 9.59 Å². The van der Waals surface area contributed by atoms with Crippen molar-refractivity contribution in [2.24, 2.45) is 0 Å². The zero-order chi connectivity index (χ0) is 14.7. The number of imidazole rings is 1. The highest BCUT2D eigenvalue weighted by Gasteiger charge is 2.10. The normalized spacial score (nSPS) is 10.9. The molecule has 0 aliphatic carbocycles. The molecule has 0 saturated carbocycles. The molecule has 0 unspecified atom stereocenters. The number of aryl methyl sites for hydroxylation is 2. The molecule has 1 heterocycles. The number of aliphatic carboxylic acids is 1. The summed E-state index contributed by atoms with van der Waals surface area (Å²) >= 11 is 0. The monoisotopic (exact) mass is 274 g/mol. The SMILES string of the molecule is CCC(=O)c1ccc2c(c1)nc(C)n2CCCC(=O)O. The van der Waals surface area contributed by atoms with Crippen LogP contribution in [0.3, 0.4) is 0 Å². The molecular formula is C15H18N2O3. The van der Waals surface area contributed by atoms with Crippen molar-refractivity contribution in [3.8, 4) is 0 Å². The van der Waals surface area contributed by atoms with E-state index < -0.39 is 5.97 Å². The van der Waals surface area contributed by atoms with Crippen LogP contribution in [0.1, 0.15) is 42.4 Å². The standard InChI is InChI=1S/C15H18N2O3/c1-3-14(18)11-6-7-13-12(9-11)16-10(2)17(13)8-4-5-15(19)20/h6-7,9H,3-5,8H2,1-2H3,(H,19,20). The van der Waals surface area contributed by atoms with Gasteiger partial charge in [-0.05, 0) is 31.5 Å². The average molecular weight is 274 g/mol.